The van der Waals surface area contributed by atoms with Crippen molar-refractivity contribution in [2.75, 3.05) is 0 Å². The molecule has 3 aromatic heterocycles. The van der Waals surface area contributed by atoms with Crippen molar-refractivity contribution in [3.8, 4) is 22.5 Å². The van der Waals surface area contributed by atoms with E-state index in [9.17, 15) is 4.79 Å². The van der Waals surface area contributed by atoms with Gasteiger partial charge in [-0.1, -0.05) is 24.3 Å². The molecule has 0 amide bonds. The molecule has 0 spiro atoms. The van der Waals surface area contributed by atoms with Gasteiger partial charge in [-0.15, -0.1) is 0 Å². The van der Waals surface area contributed by atoms with Gasteiger partial charge in [-0.25, -0.2) is 4.79 Å². The highest BCUT2D eigenvalue weighted by Crippen LogP contribution is 2.37. The van der Waals surface area contributed by atoms with Gasteiger partial charge in [0.05, 0.1) is 0 Å². The molecule has 0 aliphatic rings. The fourth-order valence-corrected chi connectivity index (χ4v) is 3.48. The summed E-state index contributed by atoms with van der Waals surface area (Å²) in [7, 11) is 0. The number of H-pyrrole nitrogens is 2. The number of fused-ring (bicyclic) bond motifs is 2. The van der Waals surface area contributed by atoms with E-state index in [4.69, 9.17) is 9.52 Å². The fourth-order valence-electron chi connectivity index (χ4n) is 3.48. The summed E-state index contributed by atoms with van der Waals surface area (Å²) >= 11 is 0. The van der Waals surface area contributed by atoms with Crippen LogP contribution in [0, 0.1) is 0 Å². The van der Waals surface area contributed by atoms with Crippen LogP contribution in [0.15, 0.2) is 77.5 Å². The van der Waals surface area contributed by atoms with Crippen molar-refractivity contribution in [1.82, 2.24) is 9.97 Å². The number of hydrogen-bond donors (Lipinski definition) is 3. The normalized spacial score (nSPS) is 11.7. The lowest BCUT2D eigenvalue weighted by atomic mass is 10.0. The van der Waals surface area contributed by atoms with Crippen LogP contribution in [0.2, 0.25) is 0 Å². The first-order valence-corrected chi connectivity index (χ1v) is 8.87. The second-order valence-corrected chi connectivity index (χ2v) is 6.62. The Hall–Kier alpha value is -3.99. The van der Waals surface area contributed by atoms with Gasteiger partial charge in [-0.05, 0) is 52.7 Å². The van der Waals surface area contributed by atoms with Crippen LogP contribution in [-0.2, 0) is 4.79 Å². The Morgan fingerprint density at radius 1 is 0.857 bits per heavy atom. The SMILES string of the molecule is O=C(O)C=Cc1cc(-c2ccc3cc[nH]c3c2)c(-c2ccc3cc[nH]c3c2)o1. The van der Waals surface area contributed by atoms with Gasteiger partial charge in [-0.2, -0.15) is 0 Å². The molecule has 28 heavy (non-hydrogen) atoms. The summed E-state index contributed by atoms with van der Waals surface area (Å²) in [6.45, 7) is 0. The minimum atomic E-state index is -1.01. The molecule has 0 bridgehead atoms. The number of benzene rings is 2. The zero-order chi connectivity index (χ0) is 19.1. The summed E-state index contributed by atoms with van der Waals surface area (Å²) in [5.41, 5.74) is 4.88. The molecule has 5 heteroatoms. The monoisotopic (exact) mass is 368 g/mol. The van der Waals surface area contributed by atoms with Crippen molar-refractivity contribution in [3.63, 3.8) is 0 Å². The third-order valence-corrected chi connectivity index (χ3v) is 4.82. The first-order valence-electron chi connectivity index (χ1n) is 8.87. The van der Waals surface area contributed by atoms with Gasteiger partial charge in [0.2, 0.25) is 0 Å². The molecular weight excluding hydrogens is 352 g/mol. The Morgan fingerprint density at radius 2 is 1.50 bits per heavy atom. The number of carboxylic acid groups (broad SMARTS) is 1. The minimum absolute atomic E-state index is 0.491. The average molecular weight is 368 g/mol. The molecule has 3 N–H and O–H groups in total. The molecule has 0 fully saturated rings. The van der Waals surface area contributed by atoms with Gasteiger partial charge in [0.15, 0.2) is 0 Å². The number of hydrogen-bond acceptors (Lipinski definition) is 2. The van der Waals surface area contributed by atoms with Crippen molar-refractivity contribution in [2.24, 2.45) is 0 Å². The highest BCUT2D eigenvalue weighted by molar-refractivity contribution is 5.92. The van der Waals surface area contributed by atoms with Crippen LogP contribution in [0.1, 0.15) is 5.76 Å². The molecule has 0 aliphatic heterocycles. The molecule has 0 saturated carbocycles. The van der Waals surface area contributed by atoms with Crippen LogP contribution in [0.3, 0.4) is 0 Å². The number of aromatic nitrogens is 2. The minimum Gasteiger partial charge on any atom is -0.478 e. The van der Waals surface area contributed by atoms with Crippen molar-refractivity contribution in [3.05, 3.63) is 78.8 Å². The molecule has 5 nitrogen and oxygen atoms in total. The van der Waals surface area contributed by atoms with Gasteiger partial charge in [0.1, 0.15) is 11.5 Å². The zero-order valence-electron chi connectivity index (χ0n) is 14.8. The number of furan rings is 1. The summed E-state index contributed by atoms with van der Waals surface area (Å²) in [4.78, 5) is 17.3. The topological polar surface area (TPSA) is 82.0 Å². The molecule has 3 heterocycles. The fraction of sp³-hybridized carbons (Fsp3) is 0. The number of aromatic amines is 2. The Morgan fingerprint density at radius 3 is 2.18 bits per heavy atom. The quantitative estimate of drug-likeness (QED) is 0.357. The Balaban J connectivity index is 1.70. The lowest BCUT2D eigenvalue weighted by Crippen LogP contribution is -1.84. The molecule has 0 unspecified atom stereocenters. The van der Waals surface area contributed by atoms with Crippen LogP contribution in [0.4, 0.5) is 0 Å². The van der Waals surface area contributed by atoms with E-state index in [1.807, 2.05) is 54.9 Å². The second kappa shape index (κ2) is 6.32. The molecule has 0 atom stereocenters. The van der Waals surface area contributed by atoms with E-state index in [1.165, 1.54) is 6.08 Å². The van der Waals surface area contributed by atoms with E-state index < -0.39 is 5.97 Å². The number of aliphatic carboxylic acids is 1. The van der Waals surface area contributed by atoms with Gasteiger partial charge < -0.3 is 19.5 Å². The van der Waals surface area contributed by atoms with Gasteiger partial charge >= 0.3 is 5.97 Å². The van der Waals surface area contributed by atoms with E-state index in [2.05, 4.69) is 22.1 Å². The molecule has 5 aromatic rings. The number of nitrogens with one attached hydrogen (secondary N) is 2. The largest absolute Gasteiger partial charge is 0.478 e. The molecule has 0 aliphatic carbocycles. The van der Waals surface area contributed by atoms with Crippen LogP contribution in [0.5, 0.6) is 0 Å². The summed E-state index contributed by atoms with van der Waals surface area (Å²) in [6.07, 6.45) is 6.35. The van der Waals surface area contributed by atoms with E-state index in [0.29, 0.717) is 11.5 Å². The Kier molecular flexibility index (Phi) is 3.66. The number of carboxylic acids is 1. The van der Waals surface area contributed by atoms with Gasteiger partial charge in [0, 0.05) is 40.6 Å². The van der Waals surface area contributed by atoms with Crippen LogP contribution >= 0.6 is 0 Å². The third-order valence-electron chi connectivity index (χ3n) is 4.82. The van der Waals surface area contributed by atoms with Crippen molar-refractivity contribution in [1.29, 1.82) is 0 Å². The maximum atomic E-state index is 10.9. The van der Waals surface area contributed by atoms with E-state index in [1.54, 1.807) is 0 Å². The standard InChI is InChI=1S/C23H16N2O3/c26-22(27)6-5-18-13-19(16-3-1-14-7-9-24-20(14)11-16)23(28-18)17-4-2-15-8-10-25-21(15)12-17/h1-13,24-25H,(H,26,27). The Labute approximate surface area is 159 Å². The lowest BCUT2D eigenvalue weighted by Gasteiger charge is -2.04. The maximum Gasteiger partial charge on any atom is 0.328 e. The molecule has 0 radical (unpaired) electrons. The smallest absolute Gasteiger partial charge is 0.328 e. The van der Waals surface area contributed by atoms with Crippen LogP contribution in [-0.4, -0.2) is 21.0 Å². The van der Waals surface area contributed by atoms with E-state index >= 15 is 0 Å². The van der Waals surface area contributed by atoms with Crippen LogP contribution in [0.25, 0.3) is 50.3 Å². The predicted molar refractivity (Wildman–Crippen MR) is 110 cm³/mol. The first-order chi connectivity index (χ1) is 13.7. The van der Waals surface area contributed by atoms with E-state index in [0.717, 1.165) is 44.6 Å². The maximum absolute atomic E-state index is 10.9. The zero-order valence-corrected chi connectivity index (χ0v) is 14.8. The summed E-state index contributed by atoms with van der Waals surface area (Å²) < 4.78 is 6.05. The summed E-state index contributed by atoms with van der Waals surface area (Å²) in [5, 5.41) is 11.2. The third kappa shape index (κ3) is 2.79. The van der Waals surface area contributed by atoms with Crippen molar-refractivity contribution < 1.29 is 14.3 Å². The summed E-state index contributed by atoms with van der Waals surface area (Å²) in [6, 6.07) is 18.2. The van der Waals surface area contributed by atoms with Crippen molar-refractivity contribution in [2.45, 2.75) is 0 Å². The summed E-state index contributed by atoms with van der Waals surface area (Å²) in [5.74, 6) is 0.179. The van der Waals surface area contributed by atoms with Gasteiger partial charge in [0.25, 0.3) is 0 Å². The molecule has 0 saturated heterocycles. The molecular formula is C23H16N2O3. The average Bonchev–Trinajstić information content (AvgIpc) is 3.43. The predicted octanol–water partition coefficient (Wildman–Crippen LogP) is 5.67. The lowest BCUT2D eigenvalue weighted by molar-refractivity contribution is -0.131. The molecule has 5 rings (SSSR count). The number of carbonyl (C=O) groups is 1. The first kappa shape index (κ1) is 16.2. The van der Waals surface area contributed by atoms with E-state index in [-0.39, 0.29) is 0 Å². The Bertz CT molecular complexity index is 1260. The highest BCUT2D eigenvalue weighted by atomic mass is 16.4. The molecule has 136 valence electrons. The highest BCUT2D eigenvalue weighted by Gasteiger charge is 2.15. The van der Waals surface area contributed by atoms with Gasteiger partial charge in [-0.3, -0.25) is 0 Å². The molecule has 2 aromatic carbocycles. The van der Waals surface area contributed by atoms with Crippen LogP contribution < -0.4 is 0 Å². The second-order valence-electron chi connectivity index (χ2n) is 6.62. The number of rotatable bonds is 4. The van der Waals surface area contributed by atoms with Crippen molar-refractivity contribution >= 4 is 33.9 Å².